The number of carbonyl (C=O) groups excluding carboxylic acids is 1. The number of likely N-dealkylation sites (tertiary alicyclic amines) is 1. The minimum absolute atomic E-state index is 0.0815. The van der Waals surface area contributed by atoms with Crippen molar-refractivity contribution < 1.29 is 14.3 Å². The van der Waals surface area contributed by atoms with Crippen molar-refractivity contribution in [1.29, 1.82) is 0 Å². The van der Waals surface area contributed by atoms with Crippen LogP contribution in [-0.2, 0) is 6.42 Å². The summed E-state index contributed by atoms with van der Waals surface area (Å²) in [7, 11) is 3.82. The molecule has 0 spiro atoms. The van der Waals surface area contributed by atoms with E-state index in [0.29, 0.717) is 12.0 Å². The van der Waals surface area contributed by atoms with E-state index in [2.05, 4.69) is 55.3 Å². The summed E-state index contributed by atoms with van der Waals surface area (Å²) in [5.41, 5.74) is 6.98. The first kappa shape index (κ1) is 25.7. The summed E-state index contributed by atoms with van der Waals surface area (Å²) in [5.74, 6) is 1.75. The summed E-state index contributed by atoms with van der Waals surface area (Å²) in [6.07, 6.45) is 2.70. The topological polar surface area (TPSA) is 38.8 Å². The largest absolute Gasteiger partial charge is 0.496 e. The number of carbonyl (C=O) groups is 1. The molecule has 194 valence electrons. The predicted molar refractivity (Wildman–Crippen MR) is 154 cm³/mol. The highest BCUT2D eigenvalue weighted by molar-refractivity contribution is 5.99. The van der Waals surface area contributed by atoms with Crippen LogP contribution in [0.3, 0.4) is 0 Å². The van der Waals surface area contributed by atoms with Gasteiger partial charge in [0.25, 0.3) is 0 Å². The van der Waals surface area contributed by atoms with Gasteiger partial charge in [0.05, 0.1) is 7.11 Å². The van der Waals surface area contributed by atoms with Crippen LogP contribution in [0.2, 0.25) is 0 Å². The number of aryl methyl sites for hydroxylation is 1. The molecule has 4 aromatic rings. The summed E-state index contributed by atoms with van der Waals surface area (Å²) < 4.78 is 11.9. The van der Waals surface area contributed by atoms with Crippen molar-refractivity contribution in [3.63, 3.8) is 0 Å². The molecular formula is C34H35NO3. The fourth-order valence-electron chi connectivity index (χ4n) is 5.11. The molecule has 0 unspecified atom stereocenters. The molecule has 38 heavy (non-hydrogen) atoms. The molecular weight excluding hydrogens is 470 g/mol. The van der Waals surface area contributed by atoms with E-state index in [1.807, 2.05) is 54.6 Å². The van der Waals surface area contributed by atoms with Gasteiger partial charge in [-0.25, -0.2) is 0 Å². The average molecular weight is 506 g/mol. The monoisotopic (exact) mass is 505 g/mol. The number of piperidine rings is 1. The Morgan fingerprint density at radius 2 is 1.55 bits per heavy atom. The molecule has 1 heterocycles. The Kier molecular flexibility index (Phi) is 7.90. The lowest BCUT2D eigenvalue weighted by Gasteiger charge is -2.29. The van der Waals surface area contributed by atoms with Gasteiger partial charge in [-0.15, -0.1) is 0 Å². The molecule has 0 amide bonds. The second kappa shape index (κ2) is 11.7. The average Bonchev–Trinajstić information content (AvgIpc) is 2.94. The van der Waals surface area contributed by atoms with Gasteiger partial charge in [-0.2, -0.15) is 0 Å². The number of nitrogens with zero attached hydrogens (tertiary/aromatic N) is 1. The zero-order chi connectivity index (χ0) is 26.5. The Balaban J connectivity index is 1.33. The molecule has 0 saturated carbocycles. The van der Waals surface area contributed by atoms with E-state index >= 15 is 0 Å². The number of rotatable bonds is 8. The normalized spacial score (nSPS) is 14.3. The summed E-state index contributed by atoms with van der Waals surface area (Å²) in [4.78, 5) is 15.7. The molecule has 1 aliphatic heterocycles. The van der Waals surface area contributed by atoms with Gasteiger partial charge >= 0.3 is 0 Å². The Hall–Kier alpha value is -3.89. The maximum Gasteiger partial charge on any atom is 0.167 e. The second-order valence-corrected chi connectivity index (χ2v) is 10.2. The van der Waals surface area contributed by atoms with E-state index in [-0.39, 0.29) is 11.9 Å². The van der Waals surface area contributed by atoms with E-state index < -0.39 is 0 Å². The fourth-order valence-corrected chi connectivity index (χ4v) is 5.11. The fraction of sp³-hybridized carbons (Fsp3) is 0.265. The van der Waals surface area contributed by atoms with Gasteiger partial charge in [0, 0.05) is 30.6 Å². The Morgan fingerprint density at radius 1 is 0.842 bits per heavy atom. The van der Waals surface area contributed by atoms with Crippen LogP contribution in [0.25, 0.3) is 22.3 Å². The van der Waals surface area contributed by atoms with Crippen molar-refractivity contribution in [3.05, 3.63) is 108 Å². The first-order valence-electron chi connectivity index (χ1n) is 13.3. The second-order valence-electron chi connectivity index (χ2n) is 10.2. The van der Waals surface area contributed by atoms with Crippen LogP contribution < -0.4 is 9.47 Å². The van der Waals surface area contributed by atoms with Crippen molar-refractivity contribution in [1.82, 2.24) is 4.90 Å². The van der Waals surface area contributed by atoms with Gasteiger partial charge < -0.3 is 14.4 Å². The van der Waals surface area contributed by atoms with Gasteiger partial charge in [0.2, 0.25) is 0 Å². The van der Waals surface area contributed by atoms with Crippen molar-refractivity contribution in [2.45, 2.75) is 32.3 Å². The third kappa shape index (κ3) is 6.15. The Bertz CT molecular complexity index is 1420. The first-order valence-corrected chi connectivity index (χ1v) is 13.3. The number of hydrogen-bond donors (Lipinski definition) is 0. The summed E-state index contributed by atoms with van der Waals surface area (Å²) in [5, 5.41) is 0. The molecule has 1 fully saturated rings. The van der Waals surface area contributed by atoms with Crippen LogP contribution in [0.4, 0.5) is 0 Å². The Labute approximate surface area is 225 Å². The molecule has 0 aromatic heterocycles. The predicted octanol–water partition coefficient (Wildman–Crippen LogP) is 7.24. The Morgan fingerprint density at radius 3 is 2.32 bits per heavy atom. The molecule has 4 nitrogen and oxygen atoms in total. The zero-order valence-electron chi connectivity index (χ0n) is 22.4. The lowest BCUT2D eigenvalue weighted by Crippen LogP contribution is -2.35. The summed E-state index contributed by atoms with van der Waals surface area (Å²) in [6, 6.07) is 30.5. The molecule has 5 rings (SSSR count). The van der Waals surface area contributed by atoms with Gasteiger partial charge in [0.15, 0.2) is 5.78 Å². The van der Waals surface area contributed by atoms with E-state index in [9.17, 15) is 4.79 Å². The van der Waals surface area contributed by atoms with E-state index in [1.165, 1.54) is 5.56 Å². The van der Waals surface area contributed by atoms with Crippen LogP contribution in [-0.4, -0.2) is 44.0 Å². The maximum absolute atomic E-state index is 13.3. The standard InChI is InChI=1S/C34H35NO3/c1-24-7-4-11-28(19-24)32-23-29(13-14-34(32)37-3)33(36)21-25-8-5-9-26(20-25)27-10-6-12-31(22-27)38-30-15-17-35(2)18-16-30/h4-14,19-20,22-23,30H,15-18,21H2,1-3H3. The zero-order valence-corrected chi connectivity index (χ0v) is 22.4. The van der Waals surface area contributed by atoms with Crippen molar-refractivity contribution in [2.75, 3.05) is 27.2 Å². The molecule has 0 atom stereocenters. The molecule has 4 aromatic carbocycles. The lowest BCUT2D eigenvalue weighted by molar-refractivity contribution is 0.0993. The highest BCUT2D eigenvalue weighted by atomic mass is 16.5. The van der Waals surface area contributed by atoms with Gasteiger partial charge in [0.1, 0.15) is 17.6 Å². The van der Waals surface area contributed by atoms with Crippen molar-refractivity contribution in [3.8, 4) is 33.8 Å². The quantitative estimate of drug-likeness (QED) is 0.237. The SMILES string of the molecule is COc1ccc(C(=O)Cc2cccc(-c3cccc(OC4CCN(C)CC4)c3)c2)cc1-c1cccc(C)c1. The number of ether oxygens (including phenoxy) is 2. The highest BCUT2D eigenvalue weighted by Crippen LogP contribution is 2.32. The third-order valence-corrected chi connectivity index (χ3v) is 7.28. The number of methoxy groups -OCH3 is 1. The molecule has 4 heteroatoms. The van der Waals surface area contributed by atoms with Gasteiger partial charge in [-0.3, -0.25) is 4.79 Å². The number of hydrogen-bond acceptors (Lipinski definition) is 4. The van der Waals surface area contributed by atoms with Crippen LogP contribution in [0.5, 0.6) is 11.5 Å². The van der Waals surface area contributed by atoms with Crippen LogP contribution in [0, 0.1) is 6.92 Å². The van der Waals surface area contributed by atoms with Crippen LogP contribution >= 0.6 is 0 Å². The summed E-state index contributed by atoms with van der Waals surface area (Å²) >= 11 is 0. The molecule has 0 radical (unpaired) electrons. The number of Topliss-reactive ketones (excluding diaryl/α,β-unsaturated/α-hetero) is 1. The molecule has 0 bridgehead atoms. The molecule has 1 saturated heterocycles. The van der Waals surface area contributed by atoms with Gasteiger partial charge in [-0.05, 0) is 79.4 Å². The number of benzene rings is 4. The summed E-state index contributed by atoms with van der Waals surface area (Å²) in [6.45, 7) is 4.21. The van der Waals surface area contributed by atoms with Gasteiger partial charge in [-0.1, -0.05) is 66.2 Å². The minimum Gasteiger partial charge on any atom is -0.496 e. The minimum atomic E-state index is 0.0815. The first-order chi connectivity index (χ1) is 18.5. The molecule has 0 N–H and O–H groups in total. The van der Waals surface area contributed by atoms with Crippen LogP contribution in [0.15, 0.2) is 91.0 Å². The highest BCUT2D eigenvalue weighted by Gasteiger charge is 2.18. The van der Waals surface area contributed by atoms with Crippen LogP contribution in [0.1, 0.15) is 34.3 Å². The van der Waals surface area contributed by atoms with E-state index in [0.717, 1.165) is 65.2 Å². The van der Waals surface area contributed by atoms with E-state index in [1.54, 1.807) is 7.11 Å². The van der Waals surface area contributed by atoms with Crippen molar-refractivity contribution in [2.24, 2.45) is 0 Å². The number of ketones is 1. The van der Waals surface area contributed by atoms with Crippen molar-refractivity contribution >= 4 is 5.78 Å². The smallest absolute Gasteiger partial charge is 0.167 e. The molecule has 0 aliphatic carbocycles. The maximum atomic E-state index is 13.3. The molecule has 1 aliphatic rings. The third-order valence-electron chi connectivity index (χ3n) is 7.28. The van der Waals surface area contributed by atoms with E-state index in [4.69, 9.17) is 9.47 Å². The lowest BCUT2D eigenvalue weighted by atomic mass is 9.95.